The van der Waals surface area contributed by atoms with Gasteiger partial charge in [-0.05, 0) is 51.8 Å². The largest absolute Gasteiger partial charge is 0.356 e. The second-order valence-electron chi connectivity index (χ2n) is 8.14. The summed E-state index contributed by atoms with van der Waals surface area (Å²) >= 11 is 0. The summed E-state index contributed by atoms with van der Waals surface area (Å²) in [5.74, 6) is 1.00. The third kappa shape index (κ3) is 7.80. The number of likely N-dealkylation sites (tertiary alicyclic amines) is 1. The van der Waals surface area contributed by atoms with E-state index in [4.69, 9.17) is 0 Å². The van der Waals surface area contributed by atoms with Gasteiger partial charge in [-0.3, -0.25) is 9.89 Å². The Morgan fingerprint density at radius 3 is 2.43 bits per heavy atom. The number of benzene rings is 1. The summed E-state index contributed by atoms with van der Waals surface area (Å²) in [7, 11) is -1.35. The summed E-state index contributed by atoms with van der Waals surface area (Å²) in [6.07, 6.45) is 4.43. The number of hydrogen-bond donors (Lipinski definition) is 2. The van der Waals surface area contributed by atoms with Crippen LogP contribution in [0.4, 0.5) is 0 Å². The summed E-state index contributed by atoms with van der Waals surface area (Å²) in [6.45, 7) is 8.21. The Bertz CT molecular complexity index is 711. The lowest BCUT2D eigenvalue weighted by Gasteiger charge is -2.41. The molecule has 1 aliphatic rings. The number of sulfone groups is 1. The fourth-order valence-corrected chi connectivity index (χ4v) is 4.96. The molecule has 0 aromatic heterocycles. The van der Waals surface area contributed by atoms with Crippen LogP contribution >= 0.6 is 0 Å². The Kier molecular flexibility index (Phi) is 8.76. The molecular weight excluding hydrogens is 372 g/mol. The second-order valence-corrected chi connectivity index (χ2v) is 10.3. The van der Waals surface area contributed by atoms with Crippen LogP contribution < -0.4 is 10.6 Å². The van der Waals surface area contributed by atoms with Crippen LogP contribution in [0.1, 0.15) is 45.1 Å². The van der Waals surface area contributed by atoms with E-state index in [1.54, 1.807) is 7.05 Å². The Hall–Kier alpha value is -1.60. The molecule has 158 valence electrons. The molecule has 1 saturated heterocycles. The molecule has 0 atom stereocenters. The molecule has 28 heavy (non-hydrogen) atoms. The highest BCUT2D eigenvalue weighted by Gasteiger charge is 2.27. The average Bonchev–Trinajstić information content (AvgIpc) is 2.68. The van der Waals surface area contributed by atoms with Gasteiger partial charge in [0.05, 0.1) is 11.5 Å². The van der Waals surface area contributed by atoms with Crippen molar-refractivity contribution < 1.29 is 8.42 Å². The number of piperidine rings is 1. The summed E-state index contributed by atoms with van der Waals surface area (Å²) in [5, 5.41) is 6.63. The molecule has 0 amide bonds. The minimum absolute atomic E-state index is 0.0665. The Morgan fingerprint density at radius 2 is 1.79 bits per heavy atom. The zero-order chi connectivity index (χ0) is 20.5. The number of nitrogens with one attached hydrogen (secondary N) is 2. The van der Waals surface area contributed by atoms with Crippen molar-refractivity contribution in [2.45, 2.75) is 50.8 Å². The highest BCUT2D eigenvalue weighted by molar-refractivity contribution is 7.90. The highest BCUT2D eigenvalue weighted by Crippen LogP contribution is 2.19. The minimum atomic E-state index is -3.10. The van der Waals surface area contributed by atoms with Crippen molar-refractivity contribution in [3.63, 3.8) is 0 Å². The molecule has 0 bridgehead atoms. The predicted octanol–water partition coefficient (Wildman–Crippen LogP) is 2.42. The van der Waals surface area contributed by atoms with Gasteiger partial charge in [0.15, 0.2) is 15.8 Å². The van der Waals surface area contributed by atoms with Crippen LogP contribution in [0.25, 0.3) is 0 Å². The fraction of sp³-hybridized carbons (Fsp3) is 0.667. The zero-order valence-electron chi connectivity index (χ0n) is 17.6. The molecule has 1 fully saturated rings. The van der Waals surface area contributed by atoms with Gasteiger partial charge in [0.2, 0.25) is 0 Å². The van der Waals surface area contributed by atoms with Gasteiger partial charge in [-0.15, -0.1) is 0 Å². The lowest BCUT2D eigenvalue weighted by molar-refractivity contribution is 0.0982. The van der Waals surface area contributed by atoms with Crippen LogP contribution in [0.5, 0.6) is 0 Å². The molecule has 2 N–H and O–H groups in total. The van der Waals surface area contributed by atoms with Crippen molar-refractivity contribution in [2.24, 2.45) is 4.99 Å². The lowest BCUT2D eigenvalue weighted by atomic mass is 9.98. The van der Waals surface area contributed by atoms with E-state index in [0.717, 1.165) is 31.2 Å². The Labute approximate surface area is 170 Å². The van der Waals surface area contributed by atoms with Crippen LogP contribution in [-0.2, 0) is 15.6 Å². The monoisotopic (exact) mass is 408 g/mol. The van der Waals surface area contributed by atoms with E-state index < -0.39 is 9.84 Å². The molecule has 0 unspecified atom stereocenters. The van der Waals surface area contributed by atoms with E-state index in [9.17, 15) is 8.42 Å². The molecule has 0 radical (unpaired) electrons. The molecule has 0 aliphatic carbocycles. The quantitative estimate of drug-likeness (QED) is 0.373. The first-order valence-electron chi connectivity index (χ1n) is 10.3. The van der Waals surface area contributed by atoms with Crippen LogP contribution in [0.2, 0.25) is 0 Å². The van der Waals surface area contributed by atoms with Gasteiger partial charge >= 0.3 is 0 Å². The summed E-state index contributed by atoms with van der Waals surface area (Å²) in [4.78, 5) is 6.80. The molecule has 7 heteroatoms. The number of rotatable bonds is 9. The lowest BCUT2D eigenvalue weighted by Crippen LogP contribution is -2.54. The van der Waals surface area contributed by atoms with Crippen molar-refractivity contribution in [3.8, 4) is 0 Å². The number of guanidine groups is 1. The van der Waals surface area contributed by atoms with Crippen LogP contribution in [0.15, 0.2) is 35.3 Å². The van der Waals surface area contributed by atoms with Crippen molar-refractivity contribution in [1.29, 1.82) is 0 Å². The maximum Gasteiger partial charge on any atom is 0.191 e. The highest BCUT2D eigenvalue weighted by atomic mass is 32.2. The number of aliphatic imine (C=N–C) groups is 1. The van der Waals surface area contributed by atoms with Gasteiger partial charge in [-0.25, -0.2) is 8.42 Å². The third-order valence-corrected chi connectivity index (χ3v) is 6.96. The normalized spacial score (nSPS) is 16.8. The van der Waals surface area contributed by atoms with Crippen molar-refractivity contribution in [2.75, 3.05) is 39.0 Å². The minimum Gasteiger partial charge on any atom is -0.356 e. The van der Waals surface area contributed by atoms with Crippen LogP contribution in [-0.4, -0.2) is 63.8 Å². The van der Waals surface area contributed by atoms with E-state index in [2.05, 4.69) is 34.4 Å². The molecule has 1 aromatic carbocycles. The topological polar surface area (TPSA) is 73.8 Å². The maximum atomic E-state index is 12.3. The maximum absolute atomic E-state index is 12.3. The SMILES string of the molecule is CN=C(NCCCS(=O)(=O)Cc1ccccc1)NCC(C)(C)N1CCCCC1. The summed E-state index contributed by atoms with van der Waals surface area (Å²) < 4.78 is 24.5. The molecule has 1 aliphatic heterocycles. The first-order chi connectivity index (χ1) is 13.3. The van der Waals surface area contributed by atoms with Gasteiger partial charge < -0.3 is 10.6 Å². The average molecular weight is 409 g/mol. The van der Waals surface area contributed by atoms with Crippen LogP contribution in [0, 0.1) is 0 Å². The van der Waals surface area contributed by atoms with Crippen molar-refractivity contribution >= 4 is 15.8 Å². The standard InChI is InChI=1S/C21H36N4O2S/c1-21(2,25-14-8-5-9-15-25)18-24-20(22-3)23-13-10-16-28(26,27)17-19-11-6-4-7-12-19/h4,6-7,11-12H,5,8-10,13-18H2,1-3H3,(H2,22,23,24). The number of hydrogen-bond acceptors (Lipinski definition) is 4. The van der Waals surface area contributed by atoms with Gasteiger partial charge in [-0.1, -0.05) is 36.8 Å². The van der Waals surface area contributed by atoms with E-state index in [1.807, 2.05) is 30.3 Å². The fourth-order valence-electron chi connectivity index (χ4n) is 3.53. The first kappa shape index (κ1) is 22.7. The van der Waals surface area contributed by atoms with Gasteiger partial charge in [0.1, 0.15) is 0 Å². The Balaban J connectivity index is 1.70. The van der Waals surface area contributed by atoms with E-state index in [1.165, 1.54) is 19.3 Å². The zero-order valence-corrected chi connectivity index (χ0v) is 18.4. The van der Waals surface area contributed by atoms with Gasteiger partial charge in [0.25, 0.3) is 0 Å². The van der Waals surface area contributed by atoms with Crippen molar-refractivity contribution in [3.05, 3.63) is 35.9 Å². The van der Waals surface area contributed by atoms with Crippen LogP contribution in [0.3, 0.4) is 0 Å². The summed E-state index contributed by atoms with van der Waals surface area (Å²) in [6, 6.07) is 9.34. The second kappa shape index (κ2) is 10.8. The smallest absolute Gasteiger partial charge is 0.191 e. The predicted molar refractivity (Wildman–Crippen MR) is 117 cm³/mol. The molecule has 0 saturated carbocycles. The van der Waals surface area contributed by atoms with Gasteiger partial charge in [-0.2, -0.15) is 0 Å². The van der Waals surface area contributed by atoms with Gasteiger partial charge in [0, 0.05) is 25.7 Å². The molecule has 2 rings (SSSR count). The molecule has 0 spiro atoms. The third-order valence-electron chi connectivity index (χ3n) is 5.28. The van der Waals surface area contributed by atoms with Crippen molar-refractivity contribution in [1.82, 2.24) is 15.5 Å². The van der Waals surface area contributed by atoms with E-state index >= 15 is 0 Å². The molecule has 1 heterocycles. The molecule has 6 nitrogen and oxygen atoms in total. The van der Waals surface area contributed by atoms with E-state index in [0.29, 0.717) is 13.0 Å². The van der Waals surface area contributed by atoms with E-state index in [-0.39, 0.29) is 17.0 Å². The number of nitrogens with zero attached hydrogens (tertiary/aromatic N) is 2. The summed E-state index contributed by atoms with van der Waals surface area (Å²) in [5.41, 5.74) is 0.907. The molecular formula is C21H36N4O2S. The molecule has 1 aromatic rings. The Morgan fingerprint density at radius 1 is 1.11 bits per heavy atom. The first-order valence-corrected chi connectivity index (χ1v) is 12.1.